The minimum Gasteiger partial charge on any atom is -0.331 e. The highest BCUT2D eigenvalue weighted by molar-refractivity contribution is 6.45. The van der Waals surface area contributed by atoms with Crippen molar-refractivity contribution < 1.29 is 0 Å². The molecule has 2 nitrogen and oxygen atoms in total. The molecule has 306 valence electrons. The Balaban J connectivity index is 1.20. The molecule has 7 aromatic carbocycles. The van der Waals surface area contributed by atoms with Crippen LogP contribution < -0.4 is 20.9 Å². The Labute approximate surface area is 382 Å². The summed E-state index contributed by atoms with van der Waals surface area (Å²) in [5.74, 6) is 0. The molecule has 1 aliphatic carbocycles. The number of fused-ring (bicyclic) bond motifs is 4. The zero-order chi connectivity index (χ0) is 44.3. The Morgan fingerprint density at radius 1 is 0.656 bits per heavy atom. The molecule has 1 atom stereocenters. The van der Waals surface area contributed by atoms with E-state index < -0.39 is 0 Å². The molecule has 64 heavy (non-hydrogen) atoms. The molecule has 0 bridgehead atoms. The molecular weight excluding hydrogens is 768 g/mol. The van der Waals surface area contributed by atoms with Gasteiger partial charge in [-0.1, -0.05) is 162 Å². The molecular formula is C58H52B4N2. The molecule has 2 aliphatic rings. The molecule has 0 fully saturated rings. The largest absolute Gasteiger partial charge is 0.331 e. The number of hydrogen-bond donors (Lipinski definition) is 0. The topological polar surface area (TPSA) is 8.17 Å². The van der Waals surface area contributed by atoms with E-state index in [9.17, 15) is 0 Å². The normalized spacial score (nSPS) is 16.5. The van der Waals surface area contributed by atoms with Crippen molar-refractivity contribution in [2.45, 2.75) is 39.1 Å². The summed E-state index contributed by atoms with van der Waals surface area (Å²) in [6.07, 6.45) is 6.74. The van der Waals surface area contributed by atoms with E-state index in [4.69, 9.17) is 0 Å². The van der Waals surface area contributed by atoms with Crippen LogP contribution in [0.25, 0.3) is 72.1 Å². The maximum absolute atomic E-state index is 4.51. The average molecular weight is 820 g/mol. The summed E-state index contributed by atoms with van der Waals surface area (Å²) in [5, 5.41) is 3.82. The quantitative estimate of drug-likeness (QED) is 0.139. The van der Waals surface area contributed by atoms with Crippen molar-refractivity contribution in [3.05, 3.63) is 215 Å². The van der Waals surface area contributed by atoms with Crippen LogP contribution in [0.1, 0.15) is 37.0 Å². The minimum atomic E-state index is -0.267. The van der Waals surface area contributed by atoms with E-state index in [1.807, 2.05) is 0 Å². The molecule has 1 aliphatic heterocycles. The molecule has 0 amide bonds. The predicted octanol–water partition coefficient (Wildman–Crippen LogP) is 9.09. The van der Waals surface area contributed by atoms with Crippen LogP contribution in [-0.2, 0) is 0 Å². The van der Waals surface area contributed by atoms with Crippen molar-refractivity contribution in [3.8, 4) is 39.1 Å². The van der Waals surface area contributed by atoms with Gasteiger partial charge < -0.3 is 9.47 Å². The SMILES string of the molecule is BC/C(B)=c1\c(=C(\B)C(=C)C)c2cc(-c3ccc4c(c3)C3=CC(c5ccccc5)=CCC3(C)N4c3ccc(-c4ccccc4)cc3)c(B)c(C)c2n1-c1cccc(-c2ccccc2)c1. The third kappa shape index (κ3) is 6.79. The first kappa shape index (κ1) is 41.1. The monoisotopic (exact) mass is 820 g/mol. The molecule has 0 saturated carbocycles. The maximum Gasteiger partial charge on any atom is 0.140 e. The number of aryl methyl sites for hydroxylation is 1. The fourth-order valence-corrected chi connectivity index (χ4v) is 10.3. The molecule has 1 aromatic heterocycles. The highest BCUT2D eigenvalue weighted by Crippen LogP contribution is 2.56. The summed E-state index contributed by atoms with van der Waals surface area (Å²) in [6.45, 7) is 11.4. The number of rotatable bonds is 8. The van der Waals surface area contributed by atoms with Gasteiger partial charge in [0, 0.05) is 38.6 Å². The lowest BCUT2D eigenvalue weighted by Gasteiger charge is -2.39. The van der Waals surface area contributed by atoms with Crippen LogP contribution >= 0.6 is 0 Å². The standard InChI is InChI=1S/C58H52B4N2/c1-36(2)54(61)53-49-34-47(55(62)37(3)56(49)63(57(53)51(60)35-59)46-22-14-21-42(31-46)39-17-10-6-11-18-39)44-25-28-52-48(32-44)50-33-43(40-19-12-7-13-20-40)29-30-58(50,4)64(52)45-26-23-41(24-27-45)38-15-8-5-9-16-38/h5-29,31-34H,1,30,35,59-62H2,2-4H3/b54-53+,57-51-. The van der Waals surface area contributed by atoms with Crippen LogP contribution in [0.15, 0.2) is 188 Å². The summed E-state index contributed by atoms with van der Waals surface area (Å²) in [4.78, 5) is 2.59. The first-order valence-corrected chi connectivity index (χ1v) is 22.8. The Hall–Kier alpha value is -6.90. The van der Waals surface area contributed by atoms with Gasteiger partial charge in [0.15, 0.2) is 0 Å². The smallest absolute Gasteiger partial charge is 0.140 e. The van der Waals surface area contributed by atoms with E-state index in [-0.39, 0.29) is 5.54 Å². The fourth-order valence-electron chi connectivity index (χ4n) is 10.3. The second-order valence-electron chi connectivity index (χ2n) is 18.1. The number of hydrogen-bond acceptors (Lipinski definition) is 1. The summed E-state index contributed by atoms with van der Waals surface area (Å²) >= 11 is 0. The summed E-state index contributed by atoms with van der Waals surface area (Å²) in [6, 6.07) is 60.2. The first-order valence-electron chi connectivity index (χ1n) is 22.8. The lowest BCUT2D eigenvalue weighted by molar-refractivity contribution is 0.608. The maximum atomic E-state index is 4.51. The molecule has 6 heteroatoms. The fraction of sp³-hybridized carbons (Fsp3) is 0.103. The van der Waals surface area contributed by atoms with Crippen molar-refractivity contribution in [3.63, 3.8) is 0 Å². The van der Waals surface area contributed by atoms with Crippen LogP contribution in [0.3, 0.4) is 0 Å². The van der Waals surface area contributed by atoms with Crippen molar-refractivity contribution >= 4 is 81.2 Å². The van der Waals surface area contributed by atoms with Gasteiger partial charge in [-0.25, -0.2) is 0 Å². The number of allylic oxidation sites excluding steroid dienone is 3. The summed E-state index contributed by atoms with van der Waals surface area (Å²) in [7, 11) is 9.16. The van der Waals surface area contributed by atoms with Crippen molar-refractivity contribution in [1.82, 2.24) is 4.57 Å². The Kier molecular flexibility index (Phi) is 10.5. The Bertz CT molecular complexity index is 3350. The van der Waals surface area contributed by atoms with Gasteiger partial charge in [0.25, 0.3) is 0 Å². The van der Waals surface area contributed by atoms with Crippen LogP contribution in [0.4, 0.5) is 11.4 Å². The molecule has 0 spiro atoms. The second-order valence-corrected chi connectivity index (χ2v) is 18.1. The minimum absolute atomic E-state index is 0.267. The van der Waals surface area contributed by atoms with E-state index >= 15 is 0 Å². The van der Waals surface area contributed by atoms with E-state index in [1.165, 1.54) is 116 Å². The van der Waals surface area contributed by atoms with E-state index in [0.717, 1.165) is 18.3 Å². The van der Waals surface area contributed by atoms with Gasteiger partial charge >= 0.3 is 0 Å². The van der Waals surface area contributed by atoms with E-state index in [1.54, 1.807) is 0 Å². The number of nitrogens with zero attached hydrogens (tertiary/aromatic N) is 2. The zero-order valence-corrected chi connectivity index (χ0v) is 38.3. The highest BCUT2D eigenvalue weighted by Gasteiger charge is 2.46. The van der Waals surface area contributed by atoms with Crippen LogP contribution in [-0.4, -0.2) is 41.5 Å². The lowest BCUT2D eigenvalue weighted by Crippen LogP contribution is -2.40. The number of aromatic nitrogens is 1. The molecule has 10 rings (SSSR count). The van der Waals surface area contributed by atoms with Gasteiger partial charge in [-0.3, -0.25) is 0 Å². The number of benzene rings is 7. The molecule has 2 heterocycles. The van der Waals surface area contributed by atoms with Gasteiger partial charge in [-0.15, -0.1) is 0 Å². The first-order chi connectivity index (χ1) is 31.1. The van der Waals surface area contributed by atoms with Crippen LogP contribution in [0, 0.1) is 6.92 Å². The third-order valence-corrected chi connectivity index (χ3v) is 14.3. The van der Waals surface area contributed by atoms with Gasteiger partial charge in [0.2, 0.25) is 0 Å². The zero-order valence-electron chi connectivity index (χ0n) is 38.3. The second kappa shape index (κ2) is 16.3. The molecule has 8 aromatic rings. The molecule has 1 unspecified atom stereocenters. The lowest BCUT2D eigenvalue weighted by atomic mass is 9.78. The highest BCUT2D eigenvalue weighted by atomic mass is 15.2. The average Bonchev–Trinajstić information content (AvgIpc) is 3.82. The van der Waals surface area contributed by atoms with Crippen LogP contribution in [0.5, 0.6) is 0 Å². The van der Waals surface area contributed by atoms with Crippen molar-refractivity contribution in [2.75, 3.05) is 4.90 Å². The molecule has 0 saturated heterocycles. The van der Waals surface area contributed by atoms with Gasteiger partial charge in [-0.05, 0) is 131 Å². The van der Waals surface area contributed by atoms with Gasteiger partial charge in [0.05, 0.1) is 11.1 Å². The summed E-state index contributed by atoms with van der Waals surface area (Å²) < 4.78 is 2.55. The predicted molar refractivity (Wildman–Crippen MR) is 288 cm³/mol. The molecule has 0 radical (unpaired) electrons. The summed E-state index contributed by atoms with van der Waals surface area (Å²) in [5.41, 5.74) is 23.4. The van der Waals surface area contributed by atoms with Crippen LogP contribution in [0.2, 0.25) is 6.32 Å². The van der Waals surface area contributed by atoms with Gasteiger partial charge in [-0.2, -0.15) is 0 Å². The van der Waals surface area contributed by atoms with E-state index in [0.29, 0.717) is 0 Å². The third-order valence-electron chi connectivity index (χ3n) is 14.3. The van der Waals surface area contributed by atoms with Gasteiger partial charge in [0.1, 0.15) is 31.4 Å². The molecule has 0 N–H and O–H groups in total. The van der Waals surface area contributed by atoms with Crippen molar-refractivity contribution in [1.29, 1.82) is 0 Å². The Morgan fingerprint density at radius 2 is 1.25 bits per heavy atom. The van der Waals surface area contributed by atoms with Crippen molar-refractivity contribution in [2.24, 2.45) is 0 Å². The Morgan fingerprint density at radius 3 is 1.89 bits per heavy atom. The number of anilines is 2. The van der Waals surface area contributed by atoms with E-state index in [2.05, 4.69) is 244 Å².